The highest BCUT2D eigenvalue weighted by Gasteiger charge is 2.30. The molecule has 4 nitrogen and oxygen atoms in total. The van der Waals surface area contributed by atoms with Crippen molar-refractivity contribution in [3.8, 4) is 0 Å². The molecule has 0 aliphatic carbocycles. The lowest BCUT2D eigenvalue weighted by Crippen LogP contribution is -2.35. The number of benzene rings is 2. The molecule has 0 bridgehead atoms. The molecule has 3 rings (SSSR count). The van der Waals surface area contributed by atoms with Gasteiger partial charge in [0.05, 0.1) is 5.56 Å². The van der Waals surface area contributed by atoms with E-state index in [4.69, 9.17) is 0 Å². The average molecular weight is 376 g/mol. The summed E-state index contributed by atoms with van der Waals surface area (Å²) in [6.45, 7) is 1.39. The minimum Gasteiger partial charge on any atom is -0.339 e. The molecular weight excluding hydrogens is 357 g/mol. The number of nitrogens with zero attached hydrogens (tertiary/aromatic N) is 1. The van der Waals surface area contributed by atoms with Crippen LogP contribution in [-0.4, -0.2) is 29.8 Å². The summed E-state index contributed by atoms with van der Waals surface area (Å²) >= 11 is 0. The summed E-state index contributed by atoms with van der Waals surface area (Å²) in [4.78, 5) is 26.7. The molecule has 0 radical (unpaired) electrons. The van der Waals surface area contributed by atoms with Gasteiger partial charge in [-0.2, -0.15) is 13.2 Å². The lowest BCUT2D eigenvalue weighted by atomic mass is 10.1. The largest absolute Gasteiger partial charge is 0.416 e. The van der Waals surface area contributed by atoms with Crippen molar-refractivity contribution < 1.29 is 22.8 Å². The van der Waals surface area contributed by atoms with Gasteiger partial charge in [0, 0.05) is 29.9 Å². The number of amides is 2. The molecule has 0 spiro atoms. The molecular formula is C20H19F3N2O2. The maximum Gasteiger partial charge on any atom is 0.416 e. The first-order chi connectivity index (χ1) is 12.8. The van der Waals surface area contributed by atoms with Crippen molar-refractivity contribution in [3.63, 3.8) is 0 Å². The first-order valence-corrected chi connectivity index (χ1v) is 8.72. The molecule has 0 atom stereocenters. The van der Waals surface area contributed by atoms with Gasteiger partial charge in [-0.25, -0.2) is 0 Å². The lowest BCUT2D eigenvalue weighted by molar-refractivity contribution is -0.137. The quantitative estimate of drug-likeness (QED) is 0.852. The molecule has 1 fully saturated rings. The maximum absolute atomic E-state index is 12.8. The van der Waals surface area contributed by atoms with E-state index in [1.165, 1.54) is 24.3 Å². The number of rotatable bonds is 3. The second-order valence-corrected chi connectivity index (χ2v) is 6.47. The Morgan fingerprint density at radius 1 is 0.889 bits per heavy atom. The van der Waals surface area contributed by atoms with Crippen molar-refractivity contribution in [3.05, 3.63) is 65.2 Å². The van der Waals surface area contributed by atoms with E-state index in [0.29, 0.717) is 18.7 Å². The van der Waals surface area contributed by atoms with Crippen molar-refractivity contribution in [2.75, 3.05) is 18.4 Å². The first kappa shape index (κ1) is 18.9. The number of likely N-dealkylation sites (tertiary alicyclic amines) is 1. The number of carbonyl (C=O) groups is 2. The van der Waals surface area contributed by atoms with Gasteiger partial charge in [0.25, 0.3) is 11.8 Å². The molecule has 7 heteroatoms. The summed E-state index contributed by atoms with van der Waals surface area (Å²) in [6.07, 6.45) is -1.46. The SMILES string of the molecule is O=C(Nc1cccc(C(F)(F)F)c1)c1cccc(C(=O)N2CCCCC2)c1. The van der Waals surface area contributed by atoms with E-state index < -0.39 is 17.6 Å². The van der Waals surface area contributed by atoms with Crippen LogP contribution in [-0.2, 0) is 6.18 Å². The van der Waals surface area contributed by atoms with Gasteiger partial charge < -0.3 is 10.2 Å². The van der Waals surface area contributed by atoms with Gasteiger partial charge in [0.15, 0.2) is 0 Å². The molecule has 2 amide bonds. The molecule has 142 valence electrons. The van der Waals surface area contributed by atoms with Gasteiger partial charge >= 0.3 is 6.18 Å². The van der Waals surface area contributed by atoms with E-state index in [-0.39, 0.29) is 17.2 Å². The van der Waals surface area contributed by atoms with Crippen LogP contribution in [0.4, 0.5) is 18.9 Å². The van der Waals surface area contributed by atoms with E-state index in [9.17, 15) is 22.8 Å². The lowest BCUT2D eigenvalue weighted by Gasteiger charge is -2.26. The number of anilines is 1. The smallest absolute Gasteiger partial charge is 0.339 e. The molecule has 1 N–H and O–H groups in total. The fourth-order valence-electron chi connectivity index (χ4n) is 3.05. The zero-order valence-electron chi connectivity index (χ0n) is 14.6. The Balaban J connectivity index is 1.75. The predicted molar refractivity (Wildman–Crippen MR) is 95.6 cm³/mol. The molecule has 2 aromatic carbocycles. The Morgan fingerprint density at radius 2 is 1.56 bits per heavy atom. The standard InChI is InChI=1S/C20H19F3N2O2/c21-20(22,23)16-8-5-9-17(13-16)24-18(26)14-6-4-7-15(12-14)19(27)25-10-2-1-3-11-25/h4-9,12-13H,1-3,10-11H2,(H,24,26). The van der Waals surface area contributed by atoms with Crippen LogP contribution in [0.3, 0.4) is 0 Å². The van der Waals surface area contributed by atoms with Crippen molar-refractivity contribution >= 4 is 17.5 Å². The Bertz CT molecular complexity index is 843. The monoisotopic (exact) mass is 376 g/mol. The van der Waals surface area contributed by atoms with Gasteiger partial charge in [0.2, 0.25) is 0 Å². The summed E-state index contributed by atoms with van der Waals surface area (Å²) in [5.74, 6) is -0.703. The van der Waals surface area contributed by atoms with Crippen molar-refractivity contribution in [1.82, 2.24) is 4.90 Å². The number of alkyl halides is 3. The number of nitrogens with one attached hydrogen (secondary N) is 1. The van der Waals surface area contributed by atoms with E-state index in [2.05, 4.69) is 5.32 Å². The van der Waals surface area contributed by atoms with E-state index in [1.54, 1.807) is 17.0 Å². The van der Waals surface area contributed by atoms with E-state index in [0.717, 1.165) is 31.4 Å². The molecule has 2 aromatic rings. The topological polar surface area (TPSA) is 49.4 Å². The third kappa shape index (κ3) is 4.67. The second-order valence-electron chi connectivity index (χ2n) is 6.47. The zero-order chi connectivity index (χ0) is 19.4. The maximum atomic E-state index is 12.8. The number of halogens is 3. The van der Waals surface area contributed by atoms with E-state index >= 15 is 0 Å². The van der Waals surface area contributed by atoms with Crippen LogP contribution in [0.1, 0.15) is 45.5 Å². The third-order valence-electron chi connectivity index (χ3n) is 4.46. The molecule has 1 heterocycles. The van der Waals surface area contributed by atoms with Crippen LogP contribution in [0.2, 0.25) is 0 Å². The van der Waals surface area contributed by atoms with Crippen LogP contribution in [0, 0.1) is 0 Å². The molecule has 0 unspecified atom stereocenters. The van der Waals surface area contributed by atoms with Gasteiger partial charge in [-0.1, -0.05) is 12.1 Å². The van der Waals surface area contributed by atoms with Gasteiger partial charge in [0.1, 0.15) is 0 Å². The number of piperidine rings is 1. The molecule has 1 saturated heterocycles. The summed E-state index contributed by atoms with van der Waals surface area (Å²) in [6, 6.07) is 10.7. The molecule has 0 saturated carbocycles. The van der Waals surface area contributed by atoms with Gasteiger partial charge in [-0.05, 0) is 55.7 Å². The Labute approximate surface area is 155 Å². The Morgan fingerprint density at radius 3 is 2.26 bits per heavy atom. The minimum absolute atomic E-state index is 0.0441. The first-order valence-electron chi connectivity index (χ1n) is 8.72. The Hall–Kier alpha value is -2.83. The summed E-state index contributed by atoms with van der Waals surface area (Å²) in [5.41, 5.74) is -0.180. The summed E-state index contributed by atoms with van der Waals surface area (Å²) < 4.78 is 38.4. The van der Waals surface area contributed by atoms with Crippen LogP contribution in [0.25, 0.3) is 0 Å². The van der Waals surface area contributed by atoms with Crippen molar-refractivity contribution in [2.45, 2.75) is 25.4 Å². The van der Waals surface area contributed by atoms with Gasteiger partial charge in [-0.15, -0.1) is 0 Å². The van der Waals surface area contributed by atoms with Crippen LogP contribution in [0.5, 0.6) is 0 Å². The Kier molecular flexibility index (Phi) is 5.48. The molecule has 0 aromatic heterocycles. The molecule has 27 heavy (non-hydrogen) atoms. The van der Waals surface area contributed by atoms with Crippen molar-refractivity contribution in [1.29, 1.82) is 0 Å². The van der Waals surface area contributed by atoms with Crippen molar-refractivity contribution in [2.24, 2.45) is 0 Å². The zero-order valence-corrected chi connectivity index (χ0v) is 14.6. The van der Waals surface area contributed by atoms with Crippen LogP contribution < -0.4 is 5.32 Å². The summed E-state index contributed by atoms with van der Waals surface area (Å²) in [5, 5.41) is 2.45. The fourth-order valence-corrected chi connectivity index (χ4v) is 3.05. The number of hydrogen-bond donors (Lipinski definition) is 1. The second kappa shape index (κ2) is 7.82. The predicted octanol–water partition coefficient (Wildman–Crippen LogP) is 4.58. The fraction of sp³-hybridized carbons (Fsp3) is 0.300. The highest BCUT2D eigenvalue weighted by atomic mass is 19.4. The minimum atomic E-state index is -4.48. The summed E-state index contributed by atoms with van der Waals surface area (Å²) in [7, 11) is 0. The highest BCUT2D eigenvalue weighted by molar-refractivity contribution is 6.06. The van der Waals surface area contributed by atoms with Crippen LogP contribution >= 0.6 is 0 Å². The number of carbonyl (C=O) groups excluding carboxylic acids is 2. The molecule has 1 aliphatic rings. The highest BCUT2D eigenvalue weighted by Crippen LogP contribution is 2.30. The van der Waals surface area contributed by atoms with E-state index in [1.807, 2.05) is 0 Å². The normalized spacial score (nSPS) is 14.7. The average Bonchev–Trinajstić information content (AvgIpc) is 2.68. The van der Waals surface area contributed by atoms with Crippen LogP contribution in [0.15, 0.2) is 48.5 Å². The van der Waals surface area contributed by atoms with Gasteiger partial charge in [-0.3, -0.25) is 9.59 Å². The molecule has 1 aliphatic heterocycles. The third-order valence-corrected chi connectivity index (χ3v) is 4.46. The number of hydrogen-bond acceptors (Lipinski definition) is 2.